The average molecular weight is 186 g/mol. The minimum absolute atomic E-state index is 0.529. The van der Waals surface area contributed by atoms with Gasteiger partial charge >= 0.3 is 0 Å². The summed E-state index contributed by atoms with van der Waals surface area (Å²) in [7, 11) is 0. The van der Waals surface area contributed by atoms with Gasteiger partial charge in [-0.15, -0.1) is 0 Å². The van der Waals surface area contributed by atoms with Crippen LogP contribution in [0.4, 0.5) is 0 Å². The molecule has 0 unspecified atom stereocenters. The van der Waals surface area contributed by atoms with E-state index in [1.54, 1.807) is 6.26 Å². The normalized spacial score (nSPS) is 14.4. The number of allylic oxidation sites excluding steroid dienone is 2. The first-order chi connectivity index (χ1) is 6.77. The van der Waals surface area contributed by atoms with Crippen molar-refractivity contribution in [3.8, 4) is 5.75 Å². The summed E-state index contributed by atoms with van der Waals surface area (Å²) in [6.07, 6.45) is 5.98. The van der Waals surface area contributed by atoms with Gasteiger partial charge in [0.25, 0.3) is 0 Å². The van der Waals surface area contributed by atoms with Crippen LogP contribution in [0.5, 0.6) is 5.75 Å². The molecule has 0 radical (unpaired) electrons. The zero-order chi connectivity index (χ0) is 9.97. The van der Waals surface area contributed by atoms with Crippen LogP contribution in [0.2, 0.25) is 0 Å². The summed E-state index contributed by atoms with van der Waals surface area (Å²) >= 11 is 0. The van der Waals surface area contributed by atoms with Crippen molar-refractivity contribution in [2.75, 3.05) is 0 Å². The first-order valence-electron chi connectivity index (χ1n) is 4.91. The van der Waals surface area contributed by atoms with Crippen molar-refractivity contribution in [3.63, 3.8) is 0 Å². The molecule has 0 fully saturated rings. The minimum atomic E-state index is 0.529. The monoisotopic (exact) mass is 186 g/mol. The van der Waals surface area contributed by atoms with E-state index in [-0.39, 0.29) is 0 Å². The summed E-state index contributed by atoms with van der Waals surface area (Å²) in [6, 6.07) is 8.08. The van der Waals surface area contributed by atoms with Crippen molar-refractivity contribution in [2.45, 2.75) is 13.8 Å². The lowest BCUT2D eigenvalue weighted by molar-refractivity contribution is 0.480. The van der Waals surface area contributed by atoms with E-state index < -0.39 is 0 Å². The Hall–Kier alpha value is -1.50. The maximum Gasteiger partial charge on any atom is 0.133 e. The summed E-state index contributed by atoms with van der Waals surface area (Å²) in [4.78, 5) is 0. The molecule has 0 aromatic heterocycles. The molecule has 1 nitrogen and oxygen atoms in total. The van der Waals surface area contributed by atoms with Gasteiger partial charge in [0.2, 0.25) is 0 Å². The van der Waals surface area contributed by atoms with Crippen LogP contribution in [0.3, 0.4) is 0 Å². The molecule has 1 aromatic rings. The third kappa shape index (κ3) is 1.72. The Bertz CT molecular complexity index is 386. The average Bonchev–Trinajstić information content (AvgIpc) is 2.39. The Kier molecular flexibility index (Phi) is 2.40. The van der Waals surface area contributed by atoms with Gasteiger partial charge in [0.1, 0.15) is 5.75 Å². The van der Waals surface area contributed by atoms with Crippen LogP contribution in [0.1, 0.15) is 19.4 Å². The Morgan fingerprint density at radius 1 is 1.14 bits per heavy atom. The molecule has 72 valence electrons. The van der Waals surface area contributed by atoms with Crippen molar-refractivity contribution >= 4 is 6.08 Å². The van der Waals surface area contributed by atoms with Crippen LogP contribution in [0, 0.1) is 5.92 Å². The largest absolute Gasteiger partial charge is 0.464 e. The smallest absolute Gasteiger partial charge is 0.133 e. The highest BCUT2D eigenvalue weighted by Gasteiger charge is 2.06. The number of ether oxygens (including phenoxy) is 1. The second-order valence-corrected chi connectivity index (χ2v) is 3.76. The van der Waals surface area contributed by atoms with Crippen LogP contribution in [0.25, 0.3) is 6.08 Å². The van der Waals surface area contributed by atoms with Gasteiger partial charge in [0.15, 0.2) is 0 Å². The van der Waals surface area contributed by atoms with Crippen LogP contribution in [-0.4, -0.2) is 0 Å². The van der Waals surface area contributed by atoms with Gasteiger partial charge in [-0.1, -0.05) is 32.0 Å². The molecule has 2 rings (SSSR count). The van der Waals surface area contributed by atoms with Gasteiger partial charge in [-0.25, -0.2) is 0 Å². The zero-order valence-corrected chi connectivity index (χ0v) is 8.53. The molecule has 1 aromatic carbocycles. The van der Waals surface area contributed by atoms with Crippen molar-refractivity contribution in [2.24, 2.45) is 5.92 Å². The van der Waals surface area contributed by atoms with Gasteiger partial charge in [-0.05, 0) is 29.7 Å². The van der Waals surface area contributed by atoms with E-state index in [4.69, 9.17) is 4.74 Å². The van der Waals surface area contributed by atoms with Crippen LogP contribution >= 0.6 is 0 Å². The fourth-order valence-corrected chi connectivity index (χ4v) is 1.48. The van der Waals surface area contributed by atoms with Gasteiger partial charge in [0.05, 0.1) is 6.26 Å². The third-order valence-corrected chi connectivity index (χ3v) is 2.36. The molecule has 0 saturated carbocycles. The summed E-state index contributed by atoms with van der Waals surface area (Å²) in [5.74, 6) is 1.46. The van der Waals surface area contributed by atoms with Gasteiger partial charge < -0.3 is 4.74 Å². The molecule has 14 heavy (non-hydrogen) atoms. The van der Waals surface area contributed by atoms with E-state index in [0.717, 1.165) is 11.3 Å². The molecule has 1 heteroatoms. The van der Waals surface area contributed by atoms with E-state index in [1.165, 1.54) is 5.57 Å². The highest BCUT2D eigenvalue weighted by molar-refractivity contribution is 5.63. The molecule has 1 heterocycles. The highest BCUT2D eigenvalue weighted by atomic mass is 16.5. The quantitative estimate of drug-likeness (QED) is 0.650. The molecule has 1 aliphatic heterocycles. The Morgan fingerprint density at radius 2 is 1.93 bits per heavy atom. The molecule has 0 atom stereocenters. The fourth-order valence-electron chi connectivity index (χ4n) is 1.48. The lowest BCUT2D eigenvalue weighted by Crippen LogP contribution is -1.88. The van der Waals surface area contributed by atoms with E-state index in [1.807, 2.05) is 24.3 Å². The van der Waals surface area contributed by atoms with Crippen LogP contribution < -0.4 is 4.74 Å². The zero-order valence-electron chi connectivity index (χ0n) is 8.53. The predicted molar refractivity (Wildman–Crippen MR) is 59.0 cm³/mol. The van der Waals surface area contributed by atoms with E-state index in [2.05, 4.69) is 26.0 Å². The Balaban J connectivity index is 2.46. The second kappa shape index (κ2) is 3.70. The topological polar surface area (TPSA) is 9.23 Å². The first kappa shape index (κ1) is 9.07. The van der Waals surface area contributed by atoms with Crippen LogP contribution in [0.15, 0.2) is 42.2 Å². The van der Waals surface area contributed by atoms with Gasteiger partial charge in [-0.3, -0.25) is 0 Å². The van der Waals surface area contributed by atoms with Crippen molar-refractivity contribution < 1.29 is 4.74 Å². The summed E-state index contributed by atoms with van der Waals surface area (Å²) in [5, 5.41) is 0. The first-order valence-corrected chi connectivity index (χ1v) is 4.91. The van der Waals surface area contributed by atoms with E-state index in [0.29, 0.717) is 5.92 Å². The van der Waals surface area contributed by atoms with E-state index >= 15 is 0 Å². The number of rotatable bonds is 1. The lowest BCUT2D eigenvalue weighted by Gasteiger charge is -2.04. The predicted octanol–water partition coefficient (Wildman–Crippen LogP) is 3.63. The molecule has 1 aliphatic rings. The molecule has 0 saturated heterocycles. The number of para-hydroxylation sites is 1. The SMILES string of the molecule is CC(C)C1=Cc2ccccc2OC=C1. The summed E-state index contributed by atoms with van der Waals surface area (Å²) in [5.41, 5.74) is 2.45. The summed E-state index contributed by atoms with van der Waals surface area (Å²) in [6.45, 7) is 4.37. The van der Waals surface area contributed by atoms with Crippen molar-refractivity contribution in [3.05, 3.63) is 47.7 Å². The highest BCUT2D eigenvalue weighted by Crippen LogP contribution is 2.26. The molecular formula is C13H14O. The third-order valence-electron chi connectivity index (χ3n) is 2.36. The fraction of sp³-hybridized carbons (Fsp3) is 0.231. The number of hydrogen-bond donors (Lipinski definition) is 0. The second-order valence-electron chi connectivity index (χ2n) is 3.76. The molecular weight excluding hydrogens is 172 g/mol. The molecule has 0 spiro atoms. The maximum absolute atomic E-state index is 5.50. The molecule has 0 bridgehead atoms. The standard InChI is InChI=1S/C13H14O/c1-10(2)11-7-8-14-13-6-4-3-5-12(13)9-11/h3-10H,1-2H3. The molecule has 0 amide bonds. The number of benzene rings is 1. The Labute approximate surface area is 84.7 Å². The number of fused-ring (bicyclic) bond motifs is 1. The summed E-state index contributed by atoms with van der Waals surface area (Å²) < 4.78 is 5.50. The minimum Gasteiger partial charge on any atom is -0.464 e. The molecule has 0 aliphatic carbocycles. The molecule has 0 N–H and O–H groups in total. The van der Waals surface area contributed by atoms with Crippen molar-refractivity contribution in [1.29, 1.82) is 0 Å². The lowest BCUT2D eigenvalue weighted by atomic mass is 10.0. The maximum atomic E-state index is 5.50. The van der Waals surface area contributed by atoms with Gasteiger partial charge in [0, 0.05) is 5.56 Å². The van der Waals surface area contributed by atoms with E-state index in [9.17, 15) is 0 Å². The Morgan fingerprint density at radius 3 is 2.71 bits per heavy atom. The number of hydrogen-bond acceptors (Lipinski definition) is 1. The van der Waals surface area contributed by atoms with Gasteiger partial charge in [-0.2, -0.15) is 0 Å². The van der Waals surface area contributed by atoms with Crippen LogP contribution in [-0.2, 0) is 0 Å². The van der Waals surface area contributed by atoms with Crippen molar-refractivity contribution in [1.82, 2.24) is 0 Å².